The summed E-state index contributed by atoms with van der Waals surface area (Å²) in [5.41, 5.74) is 10.9. The van der Waals surface area contributed by atoms with Crippen molar-refractivity contribution in [1.82, 2.24) is 9.88 Å². The van der Waals surface area contributed by atoms with Gasteiger partial charge in [0.1, 0.15) is 11.0 Å². The minimum absolute atomic E-state index is 0.184. The highest BCUT2D eigenvalue weighted by Gasteiger charge is 2.18. The molecule has 16 heavy (non-hydrogen) atoms. The van der Waals surface area contributed by atoms with Gasteiger partial charge in [-0.05, 0) is 19.1 Å². The van der Waals surface area contributed by atoms with Crippen LogP contribution in [0.25, 0.3) is 0 Å². The van der Waals surface area contributed by atoms with Gasteiger partial charge in [-0.3, -0.25) is 10.1 Å². The van der Waals surface area contributed by atoms with E-state index in [1.807, 2.05) is 5.32 Å². The van der Waals surface area contributed by atoms with E-state index in [2.05, 4.69) is 0 Å². The van der Waals surface area contributed by atoms with Crippen LogP contribution in [0.5, 0.6) is 0 Å². The summed E-state index contributed by atoms with van der Waals surface area (Å²) in [4.78, 5) is 22.2. The van der Waals surface area contributed by atoms with Crippen LogP contribution in [0.2, 0.25) is 0 Å². The summed E-state index contributed by atoms with van der Waals surface area (Å²) >= 11 is 4.83. The fourth-order valence-corrected chi connectivity index (χ4v) is 1.47. The highest BCUT2D eigenvalue weighted by molar-refractivity contribution is 7.80. The first-order valence-corrected chi connectivity index (χ1v) is 4.91. The van der Waals surface area contributed by atoms with E-state index in [1.165, 1.54) is 0 Å². The second-order valence-electron chi connectivity index (χ2n) is 3.19. The Morgan fingerprint density at radius 2 is 2.12 bits per heavy atom. The summed E-state index contributed by atoms with van der Waals surface area (Å²) in [6.07, 6.45) is 1.65. The zero-order valence-electron chi connectivity index (χ0n) is 8.64. The third-order valence-electron chi connectivity index (χ3n) is 2.07. The van der Waals surface area contributed by atoms with Gasteiger partial charge in [0, 0.05) is 6.20 Å². The molecule has 0 aromatic carbocycles. The Morgan fingerprint density at radius 3 is 2.62 bits per heavy atom. The molecule has 0 fully saturated rings. The van der Waals surface area contributed by atoms with Crippen LogP contribution in [0.1, 0.15) is 18.7 Å². The lowest BCUT2D eigenvalue weighted by Gasteiger charge is -2.15. The summed E-state index contributed by atoms with van der Waals surface area (Å²) < 4.78 is 1.57. The van der Waals surface area contributed by atoms with Crippen molar-refractivity contribution in [2.45, 2.75) is 13.0 Å². The number of carbonyl (C=O) groups excluding carboxylic acids is 2. The minimum atomic E-state index is -0.888. The van der Waals surface area contributed by atoms with E-state index in [9.17, 15) is 9.59 Å². The molecule has 1 unspecified atom stereocenters. The Balaban J connectivity index is 2.91. The van der Waals surface area contributed by atoms with Crippen molar-refractivity contribution in [3.63, 3.8) is 0 Å². The highest BCUT2D eigenvalue weighted by Crippen LogP contribution is 2.11. The van der Waals surface area contributed by atoms with Gasteiger partial charge in [0.25, 0.3) is 5.91 Å². The lowest BCUT2D eigenvalue weighted by Crippen LogP contribution is -2.39. The first-order chi connectivity index (χ1) is 7.43. The Kier molecular flexibility index (Phi) is 3.62. The van der Waals surface area contributed by atoms with Crippen LogP contribution in [-0.2, 0) is 4.79 Å². The Hall–Kier alpha value is -1.89. The highest BCUT2D eigenvalue weighted by atomic mass is 32.1. The van der Waals surface area contributed by atoms with Crippen molar-refractivity contribution < 1.29 is 9.59 Å². The zero-order chi connectivity index (χ0) is 12.3. The normalized spacial score (nSPS) is 11.8. The molecule has 1 aromatic heterocycles. The number of hydrogen-bond acceptors (Lipinski definition) is 3. The topological polar surface area (TPSA) is 103 Å². The van der Waals surface area contributed by atoms with Crippen LogP contribution in [0.3, 0.4) is 0 Å². The van der Waals surface area contributed by atoms with Crippen LogP contribution < -0.4 is 16.8 Å². The number of urea groups is 1. The Morgan fingerprint density at radius 1 is 1.50 bits per heavy atom. The van der Waals surface area contributed by atoms with Gasteiger partial charge in [0.15, 0.2) is 0 Å². The fraction of sp³-hybridized carbons (Fsp3) is 0.222. The molecular formula is C9H12N4O2S. The van der Waals surface area contributed by atoms with Gasteiger partial charge < -0.3 is 16.0 Å². The van der Waals surface area contributed by atoms with Gasteiger partial charge in [-0.2, -0.15) is 0 Å². The number of imide groups is 1. The molecule has 86 valence electrons. The number of nitrogens with two attached hydrogens (primary N) is 2. The first-order valence-electron chi connectivity index (χ1n) is 4.50. The average Bonchev–Trinajstić information content (AvgIpc) is 2.63. The van der Waals surface area contributed by atoms with E-state index < -0.39 is 18.0 Å². The van der Waals surface area contributed by atoms with Gasteiger partial charge in [-0.15, -0.1) is 0 Å². The minimum Gasteiger partial charge on any atom is -0.388 e. The van der Waals surface area contributed by atoms with E-state index in [0.29, 0.717) is 5.69 Å². The van der Waals surface area contributed by atoms with Crippen molar-refractivity contribution in [2.75, 3.05) is 0 Å². The SMILES string of the molecule is CC(C(=O)NC(N)=O)n1cccc1C(N)=S. The van der Waals surface area contributed by atoms with Gasteiger partial charge in [0.2, 0.25) is 0 Å². The molecule has 0 saturated heterocycles. The van der Waals surface area contributed by atoms with Crippen LogP contribution >= 0.6 is 12.2 Å². The second-order valence-corrected chi connectivity index (χ2v) is 3.63. The predicted octanol–water partition coefficient (Wildman–Crippen LogP) is -0.122. The monoisotopic (exact) mass is 240 g/mol. The summed E-state index contributed by atoms with van der Waals surface area (Å²) in [5.74, 6) is -0.513. The number of thiocarbonyl (C=S) groups is 1. The standard InChI is InChI=1S/C9H12N4O2S/c1-5(8(14)12-9(11)15)13-4-2-3-6(13)7(10)16/h2-5H,1H3,(H2,10,16)(H3,11,12,14,15). The lowest BCUT2D eigenvalue weighted by molar-refractivity contribution is -0.122. The molecule has 0 radical (unpaired) electrons. The van der Waals surface area contributed by atoms with E-state index in [-0.39, 0.29) is 4.99 Å². The van der Waals surface area contributed by atoms with Gasteiger partial charge in [0.05, 0.1) is 5.69 Å². The second kappa shape index (κ2) is 4.75. The third kappa shape index (κ3) is 2.57. The summed E-state index contributed by atoms with van der Waals surface area (Å²) in [5, 5.41) is 1.99. The van der Waals surface area contributed by atoms with E-state index >= 15 is 0 Å². The Bertz CT molecular complexity index is 440. The van der Waals surface area contributed by atoms with Gasteiger partial charge >= 0.3 is 6.03 Å². The molecule has 1 rings (SSSR count). The molecule has 0 bridgehead atoms. The number of amides is 3. The Labute approximate surface area is 97.6 Å². The van der Waals surface area contributed by atoms with E-state index in [4.69, 9.17) is 23.7 Å². The predicted molar refractivity (Wildman–Crippen MR) is 62.8 cm³/mol. The maximum Gasteiger partial charge on any atom is 0.318 e. The maximum absolute atomic E-state index is 11.5. The molecule has 1 aromatic rings. The average molecular weight is 240 g/mol. The van der Waals surface area contributed by atoms with E-state index in [0.717, 1.165) is 0 Å². The molecule has 5 N–H and O–H groups in total. The van der Waals surface area contributed by atoms with Crippen LogP contribution in [0, 0.1) is 0 Å². The smallest absolute Gasteiger partial charge is 0.318 e. The number of aromatic nitrogens is 1. The molecule has 1 heterocycles. The summed E-state index contributed by atoms with van der Waals surface area (Å²) in [7, 11) is 0. The van der Waals surface area contributed by atoms with Crippen molar-refractivity contribution in [3.8, 4) is 0 Å². The lowest BCUT2D eigenvalue weighted by atomic mass is 10.3. The molecule has 0 aliphatic carbocycles. The molecule has 6 nitrogen and oxygen atoms in total. The van der Waals surface area contributed by atoms with Crippen molar-refractivity contribution in [1.29, 1.82) is 0 Å². The quantitative estimate of drug-likeness (QED) is 0.641. The van der Waals surface area contributed by atoms with Crippen LogP contribution in [0.4, 0.5) is 4.79 Å². The number of hydrogen-bond donors (Lipinski definition) is 3. The third-order valence-corrected chi connectivity index (χ3v) is 2.28. The molecule has 0 aliphatic heterocycles. The molecule has 3 amide bonds. The molecule has 7 heteroatoms. The molecule has 1 atom stereocenters. The van der Waals surface area contributed by atoms with Crippen molar-refractivity contribution in [3.05, 3.63) is 24.0 Å². The fourth-order valence-electron chi connectivity index (χ4n) is 1.29. The molecular weight excluding hydrogens is 228 g/mol. The van der Waals surface area contributed by atoms with Crippen molar-refractivity contribution in [2.24, 2.45) is 11.5 Å². The van der Waals surface area contributed by atoms with Crippen molar-refractivity contribution >= 4 is 29.1 Å². The molecule has 0 spiro atoms. The van der Waals surface area contributed by atoms with Gasteiger partial charge in [-0.1, -0.05) is 12.2 Å². The summed E-state index contributed by atoms with van der Waals surface area (Å²) in [6, 6.07) is 1.90. The van der Waals surface area contributed by atoms with E-state index in [1.54, 1.807) is 29.8 Å². The number of carbonyl (C=O) groups is 2. The largest absolute Gasteiger partial charge is 0.388 e. The van der Waals surface area contributed by atoms with Gasteiger partial charge in [-0.25, -0.2) is 4.79 Å². The van der Waals surface area contributed by atoms with Crippen LogP contribution in [-0.4, -0.2) is 21.5 Å². The maximum atomic E-state index is 11.5. The first kappa shape index (κ1) is 12.2. The number of nitrogens with one attached hydrogen (secondary N) is 1. The number of primary amides is 1. The van der Waals surface area contributed by atoms with Crippen LogP contribution in [0.15, 0.2) is 18.3 Å². The number of nitrogens with zero attached hydrogens (tertiary/aromatic N) is 1. The summed E-state index contributed by atoms with van der Waals surface area (Å²) in [6.45, 7) is 1.61. The zero-order valence-corrected chi connectivity index (χ0v) is 9.45. The molecule has 0 aliphatic rings. The molecule has 0 saturated carbocycles. The number of rotatable bonds is 3.